The maximum absolute atomic E-state index is 13.0. The topological polar surface area (TPSA) is 54.4 Å². The number of carbonyl (C=O) groups is 2. The smallest absolute Gasteiger partial charge is 0.178 e. The van der Waals surface area contributed by atoms with Crippen LogP contribution in [0.15, 0.2) is 91.0 Å². The van der Waals surface area contributed by atoms with Gasteiger partial charge in [0.1, 0.15) is 11.7 Å². The van der Waals surface area contributed by atoms with Gasteiger partial charge in [0.05, 0.1) is 0 Å². The van der Waals surface area contributed by atoms with E-state index < -0.39 is 11.7 Å². The summed E-state index contributed by atoms with van der Waals surface area (Å²) in [5, 5.41) is 10.8. The van der Waals surface area contributed by atoms with Crippen molar-refractivity contribution in [2.75, 3.05) is 0 Å². The minimum Gasteiger partial charge on any atom is -0.507 e. The van der Waals surface area contributed by atoms with Crippen molar-refractivity contribution in [1.82, 2.24) is 0 Å². The van der Waals surface area contributed by atoms with Crippen molar-refractivity contribution in [1.29, 1.82) is 0 Å². The van der Waals surface area contributed by atoms with Gasteiger partial charge in [-0.1, -0.05) is 72.3 Å². The van der Waals surface area contributed by atoms with Gasteiger partial charge in [-0.15, -0.1) is 0 Å². The lowest BCUT2D eigenvalue weighted by Crippen LogP contribution is -2.21. The molecular weight excluding hydrogens is 360 g/mol. The summed E-state index contributed by atoms with van der Waals surface area (Å²) in [5.41, 5.74) is 1.46. The molecule has 0 aliphatic carbocycles. The van der Waals surface area contributed by atoms with E-state index in [1.165, 1.54) is 0 Å². The van der Waals surface area contributed by atoms with Gasteiger partial charge in [0, 0.05) is 22.2 Å². The SMILES string of the molecule is O=C(C=C(O)c1ccccc1)[C@H](C(=O)c1ccc(Cl)cc1)c1ccccc1. The summed E-state index contributed by atoms with van der Waals surface area (Å²) in [4.78, 5) is 26.0. The van der Waals surface area contributed by atoms with Gasteiger partial charge in [-0.25, -0.2) is 0 Å². The zero-order valence-corrected chi connectivity index (χ0v) is 15.1. The van der Waals surface area contributed by atoms with Crippen LogP contribution in [0.2, 0.25) is 5.02 Å². The first-order valence-electron chi connectivity index (χ1n) is 8.41. The largest absolute Gasteiger partial charge is 0.507 e. The first kappa shape index (κ1) is 18.6. The average Bonchev–Trinajstić information content (AvgIpc) is 2.70. The fourth-order valence-corrected chi connectivity index (χ4v) is 2.91. The highest BCUT2D eigenvalue weighted by Gasteiger charge is 2.28. The molecule has 0 unspecified atom stereocenters. The number of carbonyl (C=O) groups excluding carboxylic acids is 2. The number of benzene rings is 3. The number of allylic oxidation sites excluding steroid dienone is 1. The lowest BCUT2D eigenvalue weighted by Gasteiger charge is -2.14. The molecule has 0 bridgehead atoms. The standard InChI is InChI=1S/C23H17ClO3/c24-19-13-11-18(12-14-19)23(27)22(17-9-5-2-6-10-17)21(26)15-20(25)16-7-3-1-4-8-16/h1-15,22,25H/t22-/m1/s1. The Bertz CT molecular complexity index is 962. The molecule has 0 saturated heterocycles. The van der Waals surface area contributed by atoms with Crippen molar-refractivity contribution in [3.63, 3.8) is 0 Å². The lowest BCUT2D eigenvalue weighted by atomic mass is 9.86. The number of halogens is 1. The van der Waals surface area contributed by atoms with E-state index in [9.17, 15) is 14.7 Å². The van der Waals surface area contributed by atoms with Crippen LogP contribution < -0.4 is 0 Å². The Labute approximate surface area is 162 Å². The third kappa shape index (κ3) is 4.52. The number of hydrogen-bond donors (Lipinski definition) is 1. The predicted molar refractivity (Wildman–Crippen MR) is 107 cm³/mol. The minimum absolute atomic E-state index is 0.176. The quantitative estimate of drug-likeness (QED) is 0.268. The van der Waals surface area contributed by atoms with Gasteiger partial charge in [0.15, 0.2) is 11.6 Å². The molecule has 3 aromatic rings. The molecule has 1 atom stereocenters. The monoisotopic (exact) mass is 376 g/mol. The summed E-state index contributed by atoms with van der Waals surface area (Å²) in [5.74, 6) is -2.05. The Hall–Kier alpha value is -3.17. The van der Waals surface area contributed by atoms with Crippen molar-refractivity contribution < 1.29 is 14.7 Å². The van der Waals surface area contributed by atoms with E-state index in [1.807, 2.05) is 12.1 Å². The van der Waals surface area contributed by atoms with E-state index in [1.54, 1.807) is 72.8 Å². The van der Waals surface area contributed by atoms with Crippen LogP contribution in [0.3, 0.4) is 0 Å². The van der Waals surface area contributed by atoms with Gasteiger partial charge >= 0.3 is 0 Å². The zero-order chi connectivity index (χ0) is 19.2. The molecule has 0 aromatic heterocycles. The molecule has 0 heterocycles. The number of Topliss-reactive ketones (excluding diaryl/α,β-unsaturated/α-hetero) is 1. The maximum atomic E-state index is 13.0. The highest BCUT2D eigenvalue weighted by molar-refractivity contribution is 6.30. The lowest BCUT2D eigenvalue weighted by molar-refractivity contribution is -0.115. The molecular formula is C23H17ClO3. The molecule has 27 heavy (non-hydrogen) atoms. The van der Waals surface area contributed by atoms with Crippen molar-refractivity contribution in [3.05, 3.63) is 113 Å². The number of ketones is 2. The second-order valence-corrected chi connectivity index (χ2v) is 6.45. The molecule has 1 N–H and O–H groups in total. The van der Waals surface area contributed by atoms with E-state index in [4.69, 9.17) is 11.6 Å². The van der Waals surface area contributed by atoms with Crippen molar-refractivity contribution in [2.24, 2.45) is 0 Å². The Balaban J connectivity index is 1.98. The van der Waals surface area contributed by atoms with Crippen molar-refractivity contribution in [3.8, 4) is 0 Å². The normalized spacial score (nSPS) is 12.4. The van der Waals surface area contributed by atoms with E-state index in [2.05, 4.69) is 0 Å². The summed E-state index contributed by atoms with van der Waals surface area (Å²) in [7, 11) is 0. The van der Waals surface area contributed by atoms with Crippen LogP contribution in [0.25, 0.3) is 5.76 Å². The number of rotatable bonds is 6. The molecule has 4 heteroatoms. The molecule has 0 saturated carbocycles. The summed E-state index contributed by atoms with van der Waals surface area (Å²) in [6, 6.07) is 23.9. The van der Waals surface area contributed by atoms with Gasteiger partial charge in [-0.2, -0.15) is 0 Å². The van der Waals surface area contributed by atoms with E-state index >= 15 is 0 Å². The zero-order valence-electron chi connectivity index (χ0n) is 14.4. The molecule has 3 nitrogen and oxygen atoms in total. The molecule has 3 rings (SSSR count). The highest BCUT2D eigenvalue weighted by atomic mass is 35.5. The van der Waals surface area contributed by atoms with Gasteiger partial charge in [-0.05, 0) is 29.8 Å². The molecule has 134 valence electrons. The van der Waals surface area contributed by atoms with Crippen LogP contribution in [0.4, 0.5) is 0 Å². The van der Waals surface area contributed by atoms with Crippen LogP contribution in [0.1, 0.15) is 27.4 Å². The first-order valence-corrected chi connectivity index (χ1v) is 8.78. The molecule has 0 aliphatic heterocycles. The average molecular weight is 377 g/mol. The van der Waals surface area contributed by atoms with Crippen LogP contribution in [-0.4, -0.2) is 16.7 Å². The predicted octanol–water partition coefficient (Wildman–Crippen LogP) is 5.47. The fraction of sp³-hybridized carbons (Fsp3) is 0.0435. The summed E-state index contributed by atoms with van der Waals surface area (Å²) in [6.45, 7) is 0. The molecule has 0 fully saturated rings. The van der Waals surface area contributed by atoms with Crippen LogP contribution in [0.5, 0.6) is 0 Å². The molecule has 0 amide bonds. The van der Waals surface area contributed by atoms with Gasteiger partial charge < -0.3 is 5.11 Å². The van der Waals surface area contributed by atoms with Crippen molar-refractivity contribution >= 4 is 28.9 Å². The van der Waals surface area contributed by atoms with Gasteiger partial charge in [0.25, 0.3) is 0 Å². The molecule has 0 spiro atoms. The van der Waals surface area contributed by atoms with Crippen LogP contribution in [0, 0.1) is 0 Å². The van der Waals surface area contributed by atoms with E-state index in [0.717, 1.165) is 6.08 Å². The number of aliphatic hydroxyl groups excluding tert-OH is 1. The Morgan fingerprint density at radius 2 is 1.33 bits per heavy atom. The Kier molecular flexibility index (Phi) is 5.84. The second kappa shape index (κ2) is 8.47. The Morgan fingerprint density at radius 3 is 1.93 bits per heavy atom. The van der Waals surface area contributed by atoms with E-state index in [-0.39, 0.29) is 11.5 Å². The second-order valence-electron chi connectivity index (χ2n) is 6.01. The molecule has 0 radical (unpaired) electrons. The maximum Gasteiger partial charge on any atom is 0.178 e. The molecule has 3 aromatic carbocycles. The van der Waals surface area contributed by atoms with Crippen LogP contribution >= 0.6 is 11.6 Å². The van der Waals surface area contributed by atoms with Gasteiger partial charge in [-0.3, -0.25) is 9.59 Å². The number of aliphatic hydroxyl groups is 1. The van der Waals surface area contributed by atoms with Crippen LogP contribution in [-0.2, 0) is 4.79 Å². The van der Waals surface area contributed by atoms with Gasteiger partial charge in [0.2, 0.25) is 0 Å². The third-order valence-electron chi connectivity index (χ3n) is 4.16. The Morgan fingerprint density at radius 1 is 0.778 bits per heavy atom. The summed E-state index contributed by atoms with van der Waals surface area (Å²) in [6.07, 6.45) is 1.11. The summed E-state index contributed by atoms with van der Waals surface area (Å²) < 4.78 is 0. The molecule has 0 aliphatic rings. The highest BCUT2D eigenvalue weighted by Crippen LogP contribution is 2.25. The third-order valence-corrected chi connectivity index (χ3v) is 4.41. The van der Waals surface area contributed by atoms with Crippen molar-refractivity contribution in [2.45, 2.75) is 5.92 Å². The summed E-state index contributed by atoms with van der Waals surface area (Å²) >= 11 is 5.89. The minimum atomic E-state index is -1.04. The number of hydrogen-bond acceptors (Lipinski definition) is 3. The first-order chi connectivity index (χ1) is 13.1. The van der Waals surface area contributed by atoms with E-state index in [0.29, 0.717) is 21.7 Å². The fourth-order valence-electron chi connectivity index (χ4n) is 2.78.